The highest BCUT2D eigenvalue weighted by Crippen LogP contribution is 2.32. The quantitative estimate of drug-likeness (QED) is 0.789. The van der Waals surface area contributed by atoms with Gasteiger partial charge in [-0.3, -0.25) is 4.79 Å². The number of carbonyl (C=O) groups is 1. The molecule has 1 N–H and O–H groups in total. The summed E-state index contributed by atoms with van der Waals surface area (Å²) in [5, 5.41) is 4.91. The Hall–Kier alpha value is -2.63. The van der Waals surface area contributed by atoms with Gasteiger partial charge in [-0.25, -0.2) is 0 Å². The molecule has 0 unspecified atom stereocenters. The van der Waals surface area contributed by atoms with Crippen molar-refractivity contribution in [1.29, 1.82) is 0 Å². The van der Waals surface area contributed by atoms with Crippen molar-refractivity contribution < 1.29 is 9.32 Å². The van der Waals surface area contributed by atoms with Gasteiger partial charge in [0.2, 0.25) is 5.89 Å². The number of carbonyl (C=O) groups excluding carboxylic acids is 1. The molecule has 3 aromatic rings. The Bertz CT molecular complexity index is 866. The van der Waals surface area contributed by atoms with Crippen LogP contribution >= 0.6 is 0 Å². The second-order valence-electron chi connectivity index (χ2n) is 6.25. The zero-order chi connectivity index (χ0) is 16.0. The third kappa shape index (κ3) is 2.40. The van der Waals surface area contributed by atoms with Crippen LogP contribution in [0.1, 0.15) is 34.9 Å². The topological polar surface area (TPSA) is 75.0 Å². The first-order valence-corrected chi connectivity index (χ1v) is 7.78. The number of hydrogen-bond donors (Lipinski definition) is 1. The Labute approximate surface area is 133 Å². The number of benzene rings is 1. The van der Waals surface area contributed by atoms with E-state index in [0.717, 1.165) is 10.9 Å². The molecular formula is C17H18N4O2. The van der Waals surface area contributed by atoms with Crippen molar-refractivity contribution in [1.82, 2.24) is 20.0 Å². The predicted octanol–water partition coefficient (Wildman–Crippen LogP) is 2.74. The van der Waals surface area contributed by atoms with Crippen LogP contribution in [-0.2, 0) is 0 Å². The lowest BCUT2D eigenvalue weighted by atomic mass is 9.98. The first-order valence-electron chi connectivity index (χ1n) is 7.78. The second kappa shape index (κ2) is 5.22. The number of aryl methyl sites for hydroxylation is 1. The molecule has 23 heavy (non-hydrogen) atoms. The van der Waals surface area contributed by atoms with Gasteiger partial charge in [0.05, 0.1) is 5.92 Å². The van der Waals surface area contributed by atoms with Crippen molar-refractivity contribution in [3.63, 3.8) is 0 Å². The largest absolute Gasteiger partial charge is 0.361 e. The van der Waals surface area contributed by atoms with E-state index in [1.807, 2.05) is 42.3 Å². The van der Waals surface area contributed by atoms with Crippen LogP contribution in [0.25, 0.3) is 10.9 Å². The highest BCUT2D eigenvalue weighted by molar-refractivity contribution is 5.98. The van der Waals surface area contributed by atoms with E-state index in [-0.39, 0.29) is 11.8 Å². The lowest BCUT2D eigenvalue weighted by Gasteiger charge is -2.16. The van der Waals surface area contributed by atoms with Gasteiger partial charge in [-0.1, -0.05) is 12.1 Å². The average molecular weight is 310 g/mol. The Morgan fingerprint density at radius 3 is 3.00 bits per heavy atom. The number of nitrogens with zero attached hydrogens (tertiary/aromatic N) is 3. The summed E-state index contributed by atoms with van der Waals surface area (Å²) >= 11 is 0. The van der Waals surface area contributed by atoms with E-state index in [1.165, 1.54) is 0 Å². The molecule has 1 saturated heterocycles. The predicted molar refractivity (Wildman–Crippen MR) is 85.1 cm³/mol. The van der Waals surface area contributed by atoms with Crippen molar-refractivity contribution in [3.8, 4) is 0 Å². The lowest BCUT2D eigenvalue weighted by molar-refractivity contribution is 0.0786. The second-order valence-corrected chi connectivity index (χ2v) is 6.25. The van der Waals surface area contributed by atoms with Gasteiger partial charge in [-0.05, 0) is 37.1 Å². The summed E-state index contributed by atoms with van der Waals surface area (Å²) < 4.78 is 5.30. The molecule has 0 bridgehead atoms. The SMILES string of the molecule is Cc1noc([C@@H]2CN(C(=O)c3ccc4[nH]ccc4c3)C[C@H]2C)n1. The van der Waals surface area contributed by atoms with Crippen molar-refractivity contribution in [2.24, 2.45) is 5.92 Å². The van der Waals surface area contributed by atoms with Crippen LogP contribution in [0, 0.1) is 12.8 Å². The van der Waals surface area contributed by atoms with Gasteiger partial charge in [0, 0.05) is 35.8 Å². The maximum absolute atomic E-state index is 12.8. The molecule has 1 aliphatic heterocycles. The minimum absolute atomic E-state index is 0.0543. The standard InChI is InChI=1S/C17H18N4O2/c1-10-8-21(9-14(10)16-19-11(2)20-23-16)17(22)13-3-4-15-12(7-13)5-6-18-15/h3-7,10,14,18H,8-9H2,1-2H3/t10-,14-/m1/s1. The Morgan fingerprint density at radius 2 is 2.22 bits per heavy atom. The van der Waals surface area contributed by atoms with Crippen molar-refractivity contribution in [3.05, 3.63) is 47.7 Å². The molecule has 0 saturated carbocycles. The third-order valence-corrected chi connectivity index (χ3v) is 4.56. The average Bonchev–Trinajstić information content (AvgIpc) is 3.25. The number of rotatable bonds is 2. The molecule has 0 aliphatic carbocycles. The molecule has 1 aromatic carbocycles. The van der Waals surface area contributed by atoms with Crippen molar-refractivity contribution in [2.45, 2.75) is 19.8 Å². The smallest absolute Gasteiger partial charge is 0.253 e. The Balaban J connectivity index is 1.57. The number of likely N-dealkylation sites (tertiary alicyclic amines) is 1. The fourth-order valence-electron chi connectivity index (χ4n) is 3.29. The van der Waals surface area contributed by atoms with Crippen LogP contribution in [0.5, 0.6) is 0 Å². The van der Waals surface area contributed by atoms with Crippen LogP contribution in [0.3, 0.4) is 0 Å². The first kappa shape index (κ1) is 14.0. The summed E-state index contributed by atoms with van der Waals surface area (Å²) in [5.74, 6) is 1.73. The van der Waals surface area contributed by atoms with E-state index in [9.17, 15) is 4.79 Å². The third-order valence-electron chi connectivity index (χ3n) is 4.56. The van der Waals surface area contributed by atoms with Gasteiger partial charge in [0.1, 0.15) is 0 Å². The number of hydrogen-bond acceptors (Lipinski definition) is 4. The number of nitrogens with one attached hydrogen (secondary N) is 1. The molecule has 0 radical (unpaired) electrons. The van der Waals surface area contributed by atoms with E-state index < -0.39 is 0 Å². The zero-order valence-electron chi connectivity index (χ0n) is 13.1. The molecular weight excluding hydrogens is 292 g/mol. The van der Waals surface area contributed by atoms with Crippen LogP contribution in [0.4, 0.5) is 0 Å². The molecule has 1 amide bonds. The van der Waals surface area contributed by atoms with E-state index in [1.54, 1.807) is 0 Å². The van der Waals surface area contributed by atoms with Gasteiger partial charge in [-0.15, -0.1) is 0 Å². The fraction of sp³-hybridized carbons (Fsp3) is 0.353. The lowest BCUT2D eigenvalue weighted by Crippen LogP contribution is -2.28. The molecule has 6 nitrogen and oxygen atoms in total. The monoisotopic (exact) mass is 310 g/mol. The van der Waals surface area contributed by atoms with Gasteiger partial charge >= 0.3 is 0 Å². The Morgan fingerprint density at radius 1 is 1.35 bits per heavy atom. The van der Waals surface area contributed by atoms with E-state index in [0.29, 0.717) is 36.3 Å². The summed E-state index contributed by atoms with van der Waals surface area (Å²) in [7, 11) is 0. The minimum Gasteiger partial charge on any atom is -0.361 e. The first-order chi connectivity index (χ1) is 11.1. The minimum atomic E-state index is 0.0543. The van der Waals surface area contributed by atoms with Crippen LogP contribution in [0.15, 0.2) is 35.0 Å². The highest BCUT2D eigenvalue weighted by Gasteiger charge is 2.37. The molecule has 1 fully saturated rings. The molecule has 2 atom stereocenters. The normalized spacial score (nSPS) is 21.2. The van der Waals surface area contributed by atoms with Crippen molar-refractivity contribution in [2.75, 3.05) is 13.1 Å². The molecule has 1 aliphatic rings. The van der Waals surface area contributed by atoms with Crippen LogP contribution < -0.4 is 0 Å². The fourth-order valence-corrected chi connectivity index (χ4v) is 3.29. The number of amides is 1. The molecule has 6 heteroatoms. The van der Waals surface area contributed by atoms with Gasteiger partial charge in [0.25, 0.3) is 5.91 Å². The molecule has 2 aromatic heterocycles. The highest BCUT2D eigenvalue weighted by atomic mass is 16.5. The van der Waals surface area contributed by atoms with Crippen LogP contribution in [-0.4, -0.2) is 39.0 Å². The van der Waals surface area contributed by atoms with Crippen LogP contribution in [0.2, 0.25) is 0 Å². The summed E-state index contributed by atoms with van der Waals surface area (Å²) in [4.78, 5) is 22.1. The summed E-state index contributed by atoms with van der Waals surface area (Å²) in [5.41, 5.74) is 1.75. The van der Waals surface area contributed by atoms with Gasteiger partial charge in [0.15, 0.2) is 5.82 Å². The molecule has 4 rings (SSSR count). The van der Waals surface area contributed by atoms with Gasteiger partial charge < -0.3 is 14.4 Å². The maximum atomic E-state index is 12.8. The van der Waals surface area contributed by atoms with E-state index in [2.05, 4.69) is 22.0 Å². The molecule has 0 spiro atoms. The molecule has 118 valence electrons. The number of fused-ring (bicyclic) bond motifs is 1. The Kier molecular flexibility index (Phi) is 3.18. The van der Waals surface area contributed by atoms with E-state index in [4.69, 9.17) is 4.52 Å². The summed E-state index contributed by atoms with van der Waals surface area (Å²) in [6.07, 6.45) is 1.88. The van der Waals surface area contributed by atoms with Crippen molar-refractivity contribution >= 4 is 16.8 Å². The number of H-pyrrole nitrogens is 1. The number of aromatic amines is 1. The van der Waals surface area contributed by atoms with Gasteiger partial charge in [-0.2, -0.15) is 4.98 Å². The van der Waals surface area contributed by atoms with E-state index >= 15 is 0 Å². The summed E-state index contributed by atoms with van der Waals surface area (Å²) in [6.45, 7) is 5.25. The number of aromatic nitrogens is 3. The zero-order valence-corrected chi connectivity index (χ0v) is 13.1. The maximum Gasteiger partial charge on any atom is 0.253 e. The summed E-state index contributed by atoms with van der Waals surface area (Å²) in [6, 6.07) is 7.72. The molecule has 3 heterocycles.